The molecule has 0 spiro atoms. The zero-order valence-corrected chi connectivity index (χ0v) is 17.9. The van der Waals surface area contributed by atoms with Crippen LogP contribution in [0, 0.1) is 23.2 Å². The number of benzene rings is 1. The molecule has 1 heterocycles. The smallest absolute Gasteiger partial charge is 0.310 e. The van der Waals surface area contributed by atoms with Gasteiger partial charge in [0.15, 0.2) is 6.61 Å². The molecule has 0 radical (unpaired) electrons. The van der Waals surface area contributed by atoms with Gasteiger partial charge in [0.25, 0.3) is 5.91 Å². The van der Waals surface area contributed by atoms with Crippen LogP contribution in [-0.2, 0) is 14.3 Å². The molecule has 1 amide bonds. The SMILES string of the molecule is CC(C)[C@@](C)(C#N)NC(=O)COC(=O)[C@H]1CCCC[C@@H]1c1nc2ccccc2s1. The normalized spacial score (nSPS) is 21.3. The molecule has 29 heavy (non-hydrogen) atoms. The average molecular weight is 414 g/mol. The van der Waals surface area contributed by atoms with Crippen LogP contribution in [-0.4, -0.2) is 29.0 Å². The van der Waals surface area contributed by atoms with E-state index >= 15 is 0 Å². The van der Waals surface area contributed by atoms with E-state index in [0.717, 1.165) is 40.9 Å². The van der Waals surface area contributed by atoms with Gasteiger partial charge in [0.2, 0.25) is 0 Å². The number of nitriles is 1. The number of aromatic nitrogens is 1. The molecular formula is C22H27N3O3S. The van der Waals surface area contributed by atoms with Crippen molar-refractivity contribution in [2.75, 3.05) is 6.61 Å². The first-order valence-electron chi connectivity index (χ1n) is 10.1. The van der Waals surface area contributed by atoms with E-state index in [-0.39, 0.29) is 30.3 Å². The lowest BCUT2D eigenvalue weighted by Crippen LogP contribution is -2.50. The maximum absolute atomic E-state index is 12.8. The maximum Gasteiger partial charge on any atom is 0.310 e. The number of carbonyl (C=O) groups is 2. The van der Waals surface area contributed by atoms with Crippen molar-refractivity contribution in [2.24, 2.45) is 11.8 Å². The summed E-state index contributed by atoms with van der Waals surface area (Å²) in [4.78, 5) is 29.7. The van der Waals surface area contributed by atoms with E-state index < -0.39 is 11.4 Å². The second-order valence-electron chi connectivity index (χ2n) is 8.14. The Bertz CT molecular complexity index is 900. The van der Waals surface area contributed by atoms with Gasteiger partial charge in [-0.15, -0.1) is 11.3 Å². The number of para-hydroxylation sites is 1. The third-order valence-corrected chi connectivity index (χ3v) is 7.00. The van der Waals surface area contributed by atoms with Gasteiger partial charge in [-0.3, -0.25) is 9.59 Å². The zero-order valence-electron chi connectivity index (χ0n) is 17.1. The van der Waals surface area contributed by atoms with Crippen LogP contribution in [0.4, 0.5) is 0 Å². The van der Waals surface area contributed by atoms with E-state index in [9.17, 15) is 14.9 Å². The van der Waals surface area contributed by atoms with Crippen LogP contribution in [0.5, 0.6) is 0 Å². The van der Waals surface area contributed by atoms with Crippen molar-refractivity contribution in [3.05, 3.63) is 29.3 Å². The minimum Gasteiger partial charge on any atom is -0.455 e. The third kappa shape index (κ3) is 4.76. The highest BCUT2D eigenvalue weighted by Crippen LogP contribution is 2.41. The molecular weight excluding hydrogens is 386 g/mol. The van der Waals surface area contributed by atoms with E-state index in [0.29, 0.717) is 0 Å². The van der Waals surface area contributed by atoms with E-state index in [1.54, 1.807) is 18.3 Å². The lowest BCUT2D eigenvalue weighted by atomic mass is 9.79. The van der Waals surface area contributed by atoms with Gasteiger partial charge >= 0.3 is 5.97 Å². The quantitative estimate of drug-likeness (QED) is 0.718. The first-order valence-corrected chi connectivity index (χ1v) is 10.9. The zero-order chi connectivity index (χ0) is 21.0. The van der Waals surface area contributed by atoms with Crippen LogP contribution in [0.3, 0.4) is 0 Å². The van der Waals surface area contributed by atoms with Crippen molar-refractivity contribution in [1.29, 1.82) is 5.26 Å². The summed E-state index contributed by atoms with van der Waals surface area (Å²) in [6.07, 6.45) is 3.65. The van der Waals surface area contributed by atoms with E-state index in [1.807, 2.05) is 38.1 Å². The Morgan fingerprint density at radius 1 is 1.34 bits per heavy atom. The van der Waals surface area contributed by atoms with Gasteiger partial charge in [-0.25, -0.2) is 4.98 Å². The van der Waals surface area contributed by atoms with Gasteiger partial charge in [-0.1, -0.05) is 38.8 Å². The van der Waals surface area contributed by atoms with Gasteiger partial charge in [-0.2, -0.15) is 5.26 Å². The molecule has 1 aromatic heterocycles. The fraction of sp³-hybridized carbons (Fsp3) is 0.545. The van der Waals surface area contributed by atoms with E-state index in [4.69, 9.17) is 9.72 Å². The van der Waals surface area contributed by atoms with Crippen molar-refractivity contribution in [3.8, 4) is 6.07 Å². The summed E-state index contributed by atoms with van der Waals surface area (Å²) in [5.74, 6) is -1.13. The number of rotatable bonds is 6. The van der Waals surface area contributed by atoms with Crippen molar-refractivity contribution >= 4 is 33.4 Å². The second-order valence-corrected chi connectivity index (χ2v) is 9.20. The van der Waals surface area contributed by atoms with Gasteiger partial charge in [0.05, 0.1) is 27.2 Å². The molecule has 0 saturated heterocycles. The number of nitrogens with one attached hydrogen (secondary N) is 1. The molecule has 3 atom stereocenters. The van der Waals surface area contributed by atoms with E-state index in [1.165, 1.54) is 0 Å². The van der Waals surface area contributed by atoms with E-state index in [2.05, 4.69) is 11.4 Å². The van der Waals surface area contributed by atoms with Crippen LogP contribution in [0.25, 0.3) is 10.2 Å². The third-order valence-electron chi connectivity index (χ3n) is 5.83. The maximum atomic E-state index is 12.8. The second kappa shape index (κ2) is 8.91. The van der Waals surface area contributed by atoms with Gasteiger partial charge in [0.1, 0.15) is 5.54 Å². The van der Waals surface area contributed by atoms with Crippen LogP contribution >= 0.6 is 11.3 Å². The number of carbonyl (C=O) groups excluding carboxylic acids is 2. The van der Waals surface area contributed by atoms with Crippen LogP contribution in [0.15, 0.2) is 24.3 Å². The number of fused-ring (bicyclic) bond motifs is 1. The number of hydrogen-bond acceptors (Lipinski definition) is 6. The lowest BCUT2D eigenvalue weighted by Gasteiger charge is -2.29. The highest BCUT2D eigenvalue weighted by Gasteiger charge is 2.36. The summed E-state index contributed by atoms with van der Waals surface area (Å²) in [6, 6.07) is 10.1. The average Bonchev–Trinajstić information content (AvgIpc) is 3.16. The molecule has 1 fully saturated rings. The number of esters is 1. The van der Waals surface area contributed by atoms with Crippen molar-refractivity contribution in [1.82, 2.24) is 10.3 Å². The lowest BCUT2D eigenvalue weighted by molar-refractivity contribution is -0.154. The number of nitrogens with zero attached hydrogens (tertiary/aromatic N) is 2. The summed E-state index contributed by atoms with van der Waals surface area (Å²) >= 11 is 1.63. The topological polar surface area (TPSA) is 92.1 Å². The Morgan fingerprint density at radius 2 is 2.07 bits per heavy atom. The Hall–Kier alpha value is -2.46. The Kier molecular flexibility index (Phi) is 6.53. The summed E-state index contributed by atoms with van der Waals surface area (Å²) in [5.41, 5.74) is -0.0354. The fourth-order valence-electron chi connectivity index (χ4n) is 3.63. The Morgan fingerprint density at radius 3 is 2.76 bits per heavy atom. The van der Waals surface area contributed by atoms with Gasteiger partial charge < -0.3 is 10.1 Å². The minimum absolute atomic E-state index is 0.0248. The predicted octanol–water partition coefficient (Wildman–Crippen LogP) is 4.17. The summed E-state index contributed by atoms with van der Waals surface area (Å²) in [5, 5.41) is 13.0. The Labute approximate surface area is 175 Å². The summed E-state index contributed by atoms with van der Waals surface area (Å²) in [6.45, 7) is 5.02. The summed E-state index contributed by atoms with van der Waals surface area (Å²) < 4.78 is 6.47. The molecule has 0 unspecified atom stereocenters. The first-order chi connectivity index (χ1) is 13.8. The first kappa shape index (κ1) is 21.3. The molecule has 7 heteroatoms. The molecule has 1 aromatic carbocycles. The number of thiazole rings is 1. The van der Waals surface area contributed by atoms with Gasteiger partial charge in [-0.05, 0) is 37.8 Å². The molecule has 154 valence electrons. The molecule has 1 aliphatic rings. The van der Waals surface area contributed by atoms with Crippen LogP contribution in [0.2, 0.25) is 0 Å². The van der Waals surface area contributed by atoms with Crippen LogP contribution < -0.4 is 5.32 Å². The Balaban J connectivity index is 1.65. The van der Waals surface area contributed by atoms with Crippen molar-refractivity contribution in [3.63, 3.8) is 0 Å². The minimum atomic E-state index is -0.988. The van der Waals surface area contributed by atoms with Crippen molar-refractivity contribution < 1.29 is 14.3 Å². The predicted molar refractivity (Wildman–Crippen MR) is 112 cm³/mol. The molecule has 1 aliphatic carbocycles. The van der Waals surface area contributed by atoms with Gasteiger partial charge in [0, 0.05) is 5.92 Å². The molecule has 1 saturated carbocycles. The molecule has 1 N–H and O–H groups in total. The molecule has 3 rings (SSSR count). The molecule has 0 bridgehead atoms. The fourth-order valence-corrected chi connectivity index (χ4v) is 4.80. The van der Waals surface area contributed by atoms with Crippen molar-refractivity contribution in [2.45, 2.75) is 57.9 Å². The number of amides is 1. The molecule has 0 aliphatic heterocycles. The highest BCUT2D eigenvalue weighted by atomic mass is 32.1. The van der Waals surface area contributed by atoms with Crippen LogP contribution in [0.1, 0.15) is 57.4 Å². The monoisotopic (exact) mass is 413 g/mol. The highest BCUT2D eigenvalue weighted by molar-refractivity contribution is 7.18. The summed E-state index contributed by atoms with van der Waals surface area (Å²) in [7, 11) is 0. The molecule has 6 nitrogen and oxygen atoms in total. The number of hydrogen-bond donors (Lipinski definition) is 1. The number of ether oxygens (including phenoxy) is 1. The largest absolute Gasteiger partial charge is 0.455 e. The molecule has 2 aromatic rings. The standard InChI is InChI=1S/C22H27N3O3S/c1-14(2)22(3,13-23)25-19(26)12-28-21(27)16-9-5-4-8-15(16)20-24-17-10-6-7-11-18(17)29-20/h6-7,10-11,14-16H,4-5,8-9,12H2,1-3H3,(H,25,26)/t15-,16-,22+/m0/s1.